The lowest BCUT2D eigenvalue weighted by Gasteiger charge is -2.32. The summed E-state index contributed by atoms with van der Waals surface area (Å²) in [6.45, 7) is 7.30. The normalized spacial score (nSPS) is 17.4. The van der Waals surface area contributed by atoms with E-state index in [1.165, 1.54) is 11.3 Å². The Morgan fingerprint density at radius 2 is 1.96 bits per heavy atom. The standard InChI is InChI=1S/C19H24N4O2S/c1-12(2)19(25)23-10-4-5-14(11-23)17-21-22-18(26-17)16(24)20-15-8-6-13(3)7-9-15/h6-9,12,14H,4-5,10-11H2,1-3H3,(H,20,24). The highest BCUT2D eigenvalue weighted by atomic mass is 32.1. The minimum Gasteiger partial charge on any atom is -0.342 e. The molecular weight excluding hydrogens is 348 g/mol. The molecular formula is C19H24N4O2S. The van der Waals surface area contributed by atoms with Crippen molar-refractivity contribution in [3.8, 4) is 0 Å². The van der Waals surface area contributed by atoms with Crippen molar-refractivity contribution in [2.75, 3.05) is 18.4 Å². The summed E-state index contributed by atoms with van der Waals surface area (Å²) in [5, 5.41) is 12.3. The van der Waals surface area contributed by atoms with Gasteiger partial charge < -0.3 is 10.2 Å². The minimum atomic E-state index is -0.247. The van der Waals surface area contributed by atoms with E-state index in [0.29, 0.717) is 11.6 Å². The van der Waals surface area contributed by atoms with Gasteiger partial charge in [0.05, 0.1) is 0 Å². The van der Waals surface area contributed by atoms with Crippen LogP contribution in [0.2, 0.25) is 0 Å². The molecule has 0 aliphatic carbocycles. The molecule has 1 fully saturated rings. The maximum atomic E-state index is 12.4. The van der Waals surface area contributed by atoms with Crippen LogP contribution in [0.1, 0.15) is 53.0 Å². The Balaban J connectivity index is 1.66. The molecule has 1 aliphatic heterocycles. The zero-order chi connectivity index (χ0) is 18.7. The number of likely N-dealkylation sites (tertiary alicyclic amines) is 1. The van der Waals surface area contributed by atoms with E-state index in [1.807, 2.05) is 49.9 Å². The van der Waals surface area contributed by atoms with Crippen LogP contribution in [-0.4, -0.2) is 40.0 Å². The van der Waals surface area contributed by atoms with E-state index in [9.17, 15) is 9.59 Å². The number of benzene rings is 1. The number of aryl methyl sites for hydroxylation is 1. The topological polar surface area (TPSA) is 75.2 Å². The van der Waals surface area contributed by atoms with Crippen LogP contribution < -0.4 is 5.32 Å². The fourth-order valence-electron chi connectivity index (χ4n) is 3.06. The number of nitrogens with one attached hydrogen (secondary N) is 1. The largest absolute Gasteiger partial charge is 0.342 e. The molecule has 0 radical (unpaired) electrons. The molecule has 2 aromatic rings. The van der Waals surface area contributed by atoms with Gasteiger partial charge in [0, 0.05) is 30.6 Å². The quantitative estimate of drug-likeness (QED) is 0.892. The molecule has 26 heavy (non-hydrogen) atoms. The molecule has 0 saturated carbocycles. The van der Waals surface area contributed by atoms with Gasteiger partial charge in [0.15, 0.2) is 0 Å². The fraction of sp³-hybridized carbons (Fsp3) is 0.474. The molecule has 1 saturated heterocycles. The number of amides is 2. The first kappa shape index (κ1) is 18.5. The van der Waals surface area contributed by atoms with Crippen molar-refractivity contribution in [2.24, 2.45) is 5.92 Å². The molecule has 1 aromatic carbocycles. The molecule has 6 nitrogen and oxygen atoms in total. The average molecular weight is 372 g/mol. The fourth-order valence-corrected chi connectivity index (χ4v) is 3.92. The summed E-state index contributed by atoms with van der Waals surface area (Å²) in [6.07, 6.45) is 1.92. The van der Waals surface area contributed by atoms with Crippen LogP contribution in [0.3, 0.4) is 0 Å². The molecule has 0 spiro atoms. The van der Waals surface area contributed by atoms with Gasteiger partial charge in [-0.15, -0.1) is 10.2 Å². The number of rotatable bonds is 4. The van der Waals surface area contributed by atoms with Crippen molar-refractivity contribution < 1.29 is 9.59 Å². The summed E-state index contributed by atoms with van der Waals surface area (Å²) in [5.74, 6) is 0.0870. The van der Waals surface area contributed by atoms with Gasteiger partial charge in [-0.2, -0.15) is 0 Å². The highest BCUT2D eigenvalue weighted by molar-refractivity contribution is 7.13. The highest BCUT2D eigenvalue weighted by Crippen LogP contribution is 2.30. The number of anilines is 1. The smallest absolute Gasteiger partial charge is 0.286 e. The molecule has 1 aliphatic rings. The zero-order valence-corrected chi connectivity index (χ0v) is 16.2. The van der Waals surface area contributed by atoms with Gasteiger partial charge in [-0.1, -0.05) is 42.9 Å². The Labute approximate surface area is 157 Å². The average Bonchev–Trinajstić information content (AvgIpc) is 3.13. The van der Waals surface area contributed by atoms with Crippen LogP contribution in [0, 0.1) is 12.8 Å². The van der Waals surface area contributed by atoms with Gasteiger partial charge in [0.1, 0.15) is 5.01 Å². The third-order valence-electron chi connectivity index (χ3n) is 4.52. The van der Waals surface area contributed by atoms with E-state index < -0.39 is 0 Å². The lowest BCUT2D eigenvalue weighted by atomic mass is 9.97. The van der Waals surface area contributed by atoms with Crippen molar-refractivity contribution >= 4 is 28.8 Å². The number of nitrogens with zero attached hydrogens (tertiary/aromatic N) is 3. The van der Waals surface area contributed by atoms with Crippen molar-refractivity contribution in [1.82, 2.24) is 15.1 Å². The van der Waals surface area contributed by atoms with Gasteiger partial charge in [0.2, 0.25) is 10.9 Å². The van der Waals surface area contributed by atoms with Crippen molar-refractivity contribution in [3.63, 3.8) is 0 Å². The molecule has 1 N–H and O–H groups in total. The van der Waals surface area contributed by atoms with E-state index in [0.717, 1.165) is 35.6 Å². The van der Waals surface area contributed by atoms with Gasteiger partial charge in [-0.25, -0.2) is 0 Å². The lowest BCUT2D eigenvalue weighted by Crippen LogP contribution is -2.41. The molecule has 0 bridgehead atoms. The third-order valence-corrected chi connectivity index (χ3v) is 5.61. The zero-order valence-electron chi connectivity index (χ0n) is 15.4. The second kappa shape index (κ2) is 7.95. The molecule has 2 amide bonds. The second-order valence-corrected chi connectivity index (χ2v) is 8.05. The summed E-state index contributed by atoms with van der Waals surface area (Å²) >= 11 is 1.32. The summed E-state index contributed by atoms with van der Waals surface area (Å²) in [7, 11) is 0. The number of hydrogen-bond acceptors (Lipinski definition) is 5. The predicted molar refractivity (Wildman–Crippen MR) is 102 cm³/mol. The second-order valence-electron chi connectivity index (χ2n) is 7.04. The van der Waals surface area contributed by atoms with Crippen LogP contribution in [-0.2, 0) is 4.79 Å². The predicted octanol–water partition coefficient (Wildman–Crippen LogP) is 3.46. The van der Waals surface area contributed by atoms with Crippen LogP contribution in [0.4, 0.5) is 5.69 Å². The van der Waals surface area contributed by atoms with Crippen LogP contribution >= 0.6 is 11.3 Å². The van der Waals surface area contributed by atoms with Crippen molar-refractivity contribution in [2.45, 2.75) is 39.5 Å². The Bertz CT molecular complexity index is 785. The first-order valence-corrected chi connectivity index (χ1v) is 9.76. The van der Waals surface area contributed by atoms with E-state index in [4.69, 9.17) is 0 Å². The number of piperidine rings is 1. The lowest BCUT2D eigenvalue weighted by molar-refractivity contribution is -0.135. The van der Waals surface area contributed by atoms with Crippen molar-refractivity contribution in [1.29, 1.82) is 0 Å². The van der Waals surface area contributed by atoms with Crippen molar-refractivity contribution in [3.05, 3.63) is 39.8 Å². The van der Waals surface area contributed by atoms with E-state index in [-0.39, 0.29) is 23.7 Å². The minimum absolute atomic E-state index is 0.000909. The molecule has 3 rings (SSSR count). The van der Waals surface area contributed by atoms with Crippen LogP contribution in [0.5, 0.6) is 0 Å². The molecule has 1 unspecified atom stereocenters. The first-order valence-electron chi connectivity index (χ1n) is 8.94. The summed E-state index contributed by atoms with van der Waals surface area (Å²) < 4.78 is 0. The van der Waals surface area contributed by atoms with Gasteiger partial charge in [-0.3, -0.25) is 9.59 Å². The Hall–Kier alpha value is -2.28. The van der Waals surface area contributed by atoms with E-state index in [1.54, 1.807) is 0 Å². The summed E-state index contributed by atoms with van der Waals surface area (Å²) in [5.41, 5.74) is 1.88. The van der Waals surface area contributed by atoms with Gasteiger partial charge in [-0.05, 0) is 31.9 Å². The highest BCUT2D eigenvalue weighted by Gasteiger charge is 2.28. The van der Waals surface area contributed by atoms with E-state index in [2.05, 4.69) is 15.5 Å². The maximum absolute atomic E-state index is 12.4. The Morgan fingerprint density at radius 3 is 2.65 bits per heavy atom. The summed E-state index contributed by atoms with van der Waals surface area (Å²) in [6, 6.07) is 7.63. The molecule has 2 heterocycles. The molecule has 1 atom stereocenters. The Kier molecular flexibility index (Phi) is 5.66. The number of hydrogen-bond donors (Lipinski definition) is 1. The van der Waals surface area contributed by atoms with E-state index >= 15 is 0 Å². The Morgan fingerprint density at radius 1 is 1.23 bits per heavy atom. The monoisotopic (exact) mass is 372 g/mol. The molecule has 1 aromatic heterocycles. The number of aromatic nitrogens is 2. The number of carbonyl (C=O) groups is 2. The third kappa shape index (κ3) is 4.27. The summed E-state index contributed by atoms with van der Waals surface area (Å²) in [4.78, 5) is 26.5. The first-order chi connectivity index (χ1) is 12.4. The number of carbonyl (C=O) groups excluding carboxylic acids is 2. The van der Waals surface area contributed by atoms with Gasteiger partial charge >= 0.3 is 0 Å². The van der Waals surface area contributed by atoms with Crippen LogP contribution in [0.25, 0.3) is 0 Å². The van der Waals surface area contributed by atoms with Crippen LogP contribution in [0.15, 0.2) is 24.3 Å². The SMILES string of the molecule is Cc1ccc(NC(=O)c2nnc(C3CCCN(C(=O)C(C)C)C3)s2)cc1. The maximum Gasteiger partial charge on any atom is 0.286 e. The molecule has 138 valence electrons. The van der Waals surface area contributed by atoms with Gasteiger partial charge in [0.25, 0.3) is 5.91 Å². The molecule has 7 heteroatoms.